The topological polar surface area (TPSA) is 45.2 Å². The van der Waals surface area contributed by atoms with Crippen LogP contribution in [0.5, 0.6) is 0 Å². The predicted molar refractivity (Wildman–Crippen MR) is 110 cm³/mol. The summed E-state index contributed by atoms with van der Waals surface area (Å²) in [7, 11) is 0. The molecule has 5 heteroatoms. The van der Waals surface area contributed by atoms with E-state index >= 15 is 0 Å². The van der Waals surface area contributed by atoms with Crippen molar-refractivity contribution in [1.82, 2.24) is 10.3 Å². The number of carbonyl (C=O) groups excluding carboxylic acids is 1. The predicted octanol–water partition coefficient (Wildman–Crippen LogP) is 4.69. The second-order valence-electron chi connectivity index (χ2n) is 6.21. The van der Waals surface area contributed by atoms with Crippen molar-refractivity contribution in [3.63, 3.8) is 0 Å². The molecule has 0 bridgehead atoms. The van der Waals surface area contributed by atoms with Gasteiger partial charge in [0.05, 0.1) is 0 Å². The standard InChI is InChI=1S/C22H22ClN3O/c1-2-26(16-18-6-4-3-5-7-18)20-12-13-24-21(14-20)22(27)25-15-17-8-10-19(23)11-9-17/h3-14H,2,15-16H2,1H3,(H,25,27). The second kappa shape index (κ2) is 9.19. The highest BCUT2D eigenvalue weighted by Gasteiger charge is 2.11. The van der Waals surface area contributed by atoms with E-state index in [2.05, 4.69) is 34.3 Å². The third-order valence-electron chi connectivity index (χ3n) is 4.31. The highest BCUT2D eigenvalue weighted by Crippen LogP contribution is 2.18. The summed E-state index contributed by atoms with van der Waals surface area (Å²) in [4.78, 5) is 18.9. The van der Waals surface area contributed by atoms with Crippen LogP contribution in [0.4, 0.5) is 5.69 Å². The zero-order chi connectivity index (χ0) is 19.1. The van der Waals surface area contributed by atoms with Crippen LogP contribution < -0.4 is 10.2 Å². The molecule has 0 aliphatic rings. The van der Waals surface area contributed by atoms with E-state index in [1.54, 1.807) is 6.20 Å². The van der Waals surface area contributed by atoms with Gasteiger partial charge in [-0.15, -0.1) is 0 Å². The van der Waals surface area contributed by atoms with E-state index in [1.165, 1.54) is 5.56 Å². The van der Waals surface area contributed by atoms with Crippen LogP contribution in [0.3, 0.4) is 0 Å². The minimum atomic E-state index is -0.192. The Labute approximate surface area is 164 Å². The first-order chi connectivity index (χ1) is 13.2. The lowest BCUT2D eigenvalue weighted by atomic mass is 10.2. The van der Waals surface area contributed by atoms with Crippen LogP contribution in [0.25, 0.3) is 0 Å². The van der Waals surface area contributed by atoms with Crippen LogP contribution in [-0.4, -0.2) is 17.4 Å². The molecule has 0 aliphatic heterocycles. The number of anilines is 1. The molecule has 3 rings (SSSR count). The molecule has 1 aromatic heterocycles. The van der Waals surface area contributed by atoms with Crippen LogP contribution in [0.15, 0.2) is 72.9 Å². The van der Waals surface area contributed by atoms with Gasteiger partial charge in [0, 0.05) is 36.5 Å². The molecule has 0 aliphatic carbocycles. The molecule has 1 N–H and O–H groups in total. The highest BCUT2D eigenvalue weighted by molar-refractivity contribution is 6.30. The Morgan fingerprint density at radius 2 is 1.78 bits per heavy atom. The van der Waals surface area contributed by atoms with E-state index in [4.69, 9.17) is 11.6 Å². The Kier molecular flexibility index (Phi) is 6.44. The molecule has 0 fully saturated rings. The summed E-state index contributed by atoms with van der Waals surface area (Å²) in [5.41, 5.74) is 3.61. The lowest BCUT2D eigenvalue weighted by molar-refractivity contribution is 0.0946. The Balaban J connectivity index is 1.67. The van der Waals surface area contributed by atoms with Crippen molar-refractivity contribution < 1.29 is 4.79 Å². The van der Waals surface area contributed by atoms with Crippen LogP contribution in [0.1, 0.15) is 28.5 Å². The van der Waals surface area contributed by atoms with Crippen LogP contribution in [0.2, 0.25) is 5.02 Å². The lowest BCUT2D eigenvalue weighted by Crippen LogP contribution is -2.25. The van der Waals surface area contributed by atoms with Gasteiger partial charge in [-0.25, -0.2) is 0 Å². The summed E-state index contributed by atoms with van der Waals surface area (Å²) in [6, 6.07) is 21.5. The van der Waals surface area contributed by atoms with Crippen molar-refractivity contribution in [1.29, 1.82) is 0 Å². The Hall–Kier alpha value is -2.85. The van der Waals surface area contributed by atoms with Gasteiger partial charge in [-0.3, -0.25) is 9.78 Å². The average Bonchev–Trinajstić information content (AvgIpc) is 2.72. The van der Waals surface area contributed by atoms with Gasteiger partial charge in [-0.05, 0) is 42.3 Å². The fraction of sp³-hybridized carbons (Fsp3) is 0.182. The zero-order valence-corrected chi connectivity index (χ0v) is 16.0. The summed E-state index contributed by atoms with van der Waals surface area (Å²) < 4.78 is 0. The first-order valence-electron chi connectivity index (χ1n) is 8.93. The van der Waals surface area contributed by atoms with Gasteiger partial charge in [-0.2, -0.15) is 0 Å². The quantitative estimate of drug-likeness (QED) is 0.647. The lowest BCUT2D eigenvalue weighted by Gasteiger charge is -2.23. The molecule has 0 atom stereocenters. The number of aromatic nitrogens is 1. The molecule has 1 heterocycles. The summed E-state index contributed by atoms with van der Waals surface area (Å²) in [6.07, 6.45) is 1.68. The van der Waals surface area contributed by atoms with E-state index in [0.29, 0.717) is 17.3 Å². The molecule has 1 amide bonds. The van der Waals surface area contributed by atoms with Gasteiger partial charge in [0.2, 0.25) is 0 Å². The largest absolute Gasteiger partial charge is 0.367 e. The molecule has 27 heavy (non-hydrogen) atoms. The van der Waals surface area contributed by atoms with Crippen molar-refractivity contribution in [3.8, 4) is 0 Å². The van der Waals surface area contributed by atoms with E-state index in [9.17, 15) is 4.79 Å². The maximum atomic E-state index is 12.5. The first-order valence-corrected chi connectivity index (χ1v) is 9.31. The molecule has 3 aromatic rings. The number of amides is 1. The minimum absolute atomic E-state index is 0.192. The number of hydrogen-bond donors (Lipinski definition) is 1. The van der Waals surface area contributed by atoms with E-state index < -0.39 is 0 Å². The molecule has 0 unspecified atom stereocenters. The maximum absolute atomic E-state index is 12.5. The maximum Gasteiger partial charge on any atom is 0.270 e. The molecule has 0 saturated heterocycles. The van der Waals surface area contributed by atoms with Crippen molar-refractivity contribution in [2.24, 2.45) is 0 Å². The zero-order valence-electron chi connectivity index (χ0n) is 15.2. The molecule has 0 radical (unpaired) electrons. The summed E-state index contributed by atoms with van der Waals surface area (Å²) in [5, 5.41) is 3.58. The molecular formula is C22H22ClN3O. The number of carbonyl (C=O) groups is 1. The number of rotatable bonds is 7. The fourth-order valence-electron chi connectivity index (χ4n) is 2.80. The van der Waals surface area contributed by atoms with E-state index in [1.807, 2.05) is 54.6 Å². The van der Waals surface area contributed by atoms with Gasteiger partial charge in [0.15, 0.2) is 0 Å². The molecule has 2 aromatic carbocycles. The average molecular weight is 380 g/mol. The van der Waals surface area contributed by atoms with Gasteiger partial charge in [0.1, 0.15) is 5.69 Å². The van der Waals surface area contributed by atoms with E-state index in [0.717, 1.165) is 24.3 Å². The Morgan fingerprint density at radius 1 is 1.04 bits per heavy atom. The number of nitrogens with one attached hydrogen (secondary N) is 1. The smallest absolute Gasteiger partial charge is 0.270 e. The minimum Gasteiger partial charge on any atom is -0.367 e. The third-order valence-corrected chi connectivity index (χ3v) is 4.56. The van der Waals surface area contributed by atoms with Crippen molar-refractivity contribution in [2.75, 3.05) is 11.4 Å². The SMILES string of the molecule is CCN(Cc1ccccc1)c1ccnc(C(=O)NCc2ccc(Cl)cc2)c1. The van der Waals surface area contributed by atoms with Crippen molar-refractivity contribution in [2.45, 2.75) is 20.0 Å². The van der Waals surface area contributed by atoms with E-state index in [-0.39, 0.29) is 5.91 Å². The summed E-state index contributed by atoms with van der Waals surface area (Å²) in [5.74, 6) is -0.192. The molecule has 4 nitrogen and oxygen atoms in total. The number of benzene rings is 2. The molecule has 138 valence electrons. The normalized spacial score (nSPS) is 10.4. The van der Waals surface area contributed by atoms with Crippen LogP contribution >= 0.6 is 11.6 Å². The van der Waals surface area contributed by atoms with Gasteiger partial charge in [-0.1, -0.05) is 54.1 Å². The monoisotopic (exact) mass is 379 g/mol. The van der Waals surface area contributed by atoms with Gasteiger partial charge in [0.25, 0.3) is 5.91 Å². The van der Waals surface area contributed by atoms with Gasteiger partial charge < -0.3 is 10.2 Å². The van der Waals surface area contributed by atoms with Crippen molar-refractivity contribution >= 4 is 23.2 Å². The fourth-order valence-corrected chi connectivity index (χ4v) is 2.93. The van der Waals surface area contributed by atoms with Crippen molar-refractivity contribution in [3.05, 3.63) is 94.8 Å². The molecular weight excluding hydrogens is 358 g/mol. The number of halogens is 1. The summed E-state index contributed by atoms with van der Waals surface area (Å²) in [6.45, 7) is 4.16. The highest BCUT2D eigenvalue weighted by atomic mass is 35.5. The molecule has 0 spiro atoms. The van der Waals surface area contributed by atoms with Gasteiger partial charge >= 0.3 is 0 Å². The van der Waals surface area contributed by atoms with Crippen LogP contribution in [-0.2, 0) is 13.1 Å². The van der Waals surface area contributed by atoms with Crippen LogP contribution in [0, 0.1) is 0 Å². The first kappa shape index (κ1) is 18.9. The third kappa shape index (κ3) is 5.31. The Bertz CT molecular complexity index is 882. The Morgan fingerprint density at radius 3 is 2.48 bits per heavy atom. The summed E-state index contributed by atoms with van der Waals surface area (Å²) >= 11 is 5.89. The number of hydrogen-bond acceptors (Lipinski definition) is 3. The number of nitrogens with zero attached hydrogens (tertiary/aromatic N) is 2. The number of pyridine rings is 1. The second-order valence-corrected chi connectivity index (χ2v) is 6.64. The molecule has 0 saturated carbocycles.